The molecule has 3 aromatic rings. The monoisotopic (exact) mass is 410 g/mol. The van der Waals surface area contributed by atoms with Crippen molar-refractivity contribution in [2.24, 2.45) is 0 Å². The van der Waals surface area contributed by atoms with Gasteiger partial charge in [-0.3, -0.25) is 9.59 Å². The number of carbonyl (C=O) groups excluding carboxylic acids is 1. The topological polar surface area (TPSA) is 76.5 Å². The van der Waals surface area contributed by atoms with Crippen LogP contribution in [0.4, 0.5) is 11.4 Å². The van der Waals surface area contributed by atoms with E-state index < -0.39 is 5.91 Å². The fourth-order valence-electron chi connectivity index (χ4n) is 3.16. The number of nitrogens with zero attached hydrogens (tertiary/aromatic N) is 3. The molecule has 0 spiro atoms. The van der Waals surface area contributed by atoms with Crippen molar-refractivity contribution in [2.75, 3.05) is 36.5 Å². The van der Waals surface area contributed by atoms with E-state index in [1.54, 1.807) is 36.4 Å². The van der Waals surface area contributed by atoms with Gasteiger partial charge in [-0.05, 0) is 36.4 Å². The summed E-state index contributed by atoms with van der Waals surface area (Å²) in [7, 11) is 0. The number of hydrogen-bond acceptors (Lipinski definition) is 5. The predicted octanol–water partition coefficient (Wildman–Crippen LogP) is 2.97. The first kappa shape index (κ1) is 19.2. The van der Waals surface area contributed by atoms with Gasteiger partial charge in [0, 0.05) is 24.2 Å². The Hall–Kier alpha value is -3.16. The minimum Gasteiger partial charge on any atom is -0.378 e. The molecular weight excluding hydrogens is 392 g/mol. The van der Waals surface area contributed by atoms with Crippen LogP contribution in [-0.4, -0.2) is 42.0 Å². The van der Waals surface area contributed by atoms with Gasteiger partial charge in [0.25, 0.3) is 11.5 Å². The molecule has 29 heavy (non-hydrogen) atoms. The van der Waals surface area contributed by atoms with Gasteiger partial charge >= 0.3 is 0 Å². The van der Waals surface area contributed by atoms with E-state index in [9.17, 15) is 9.59 Å². The van der Waals surface area contributed by atoms with Gasteiger partial charge in [0.2, 0.25) is 0 Å². The summed E-state index contributed by atoms with van der Waals surface area (Å²) in [6.45, 7) is 2.70. The Balaban J connectivity index is 1.63. The SMILES string of the molecule is O=C(Nc1cc(Cl)ccc1N1CCOCC1)c1ccc(=O)n(-c2ccccc2)n1. The standard InChI is InChI=1S/C21H19ClN4O3/c22-15-6-8-19(25-10-12-29-13-11-25)18(14-15)23-21(28)17-7-9-20(27)26(24-17)16-4-2-1-3-5-16/h1-9,14H,10-13H2,(H,23,28). The number of nitrogens with one attached hydrogen (secondary N) is 1. The number of hydrogen-bond donors (Lipinski definition) is 1. The van der Waals surface area contributed by atoms with Gasteiger partial charge in [-0.15, -0.1) is 0 Å². The van der Waals surface area contributed by atoms with E-state index in [4.69, 9.17) is 16.3 Å². The molecule has 4 rings (SSSR count). The second-order valence-electron chi connectivity index (χ2n) is 6.52. The highest BCUT2D eigenvalue weighted by atomic mass is 35.5. The Morgan fingerprint density at radius 3 is 2.55 bits per heavy atom. The predicted molar refractivity (Wildman–Crippen MR) is 112 cm³/mol. The van der Waals surface area contributed by atoms with E-state index >= 15 is 0 Å². The minimum atomic E-state index is -0.425. The van der Waals surface area contributed by atoms with Gasteiger partial charge in [0.05, 0.1) is 30.3 Å². The van der Waals surface area contributed by atoms with Gasteiger partial charge in [-0.1, -0.05) is 29.8 Å². The molecule has 1 aliphatic rings. The molecule has 7 nitrogen and oxygen atoms in total. The van der Waals surface area contributed by atoms with Crippen LogP contribution in [0.15, 0.2) is 65.5 Å². The number of amides is 1. The summed E-state index contributed by atoms with van der Waals surface area (Å²) in [6, 6.07) is 17.1. The van der Waals surface area contributed by atoms with E-state index in [1.165, 1.54) is 16.8 Å². The van der Waals surface area contributed by atoms with Crippen LogP contribution < -0.4 is 15.8 Å². The third-order valence-electron chi connectivity index (χ3n) is 4.59. The summed E-state index contributed by atoms with van der Waals surface area (Å²) >= 11 is 6.16. The maximum atomic E-state index is 12.9. The summed E-state index contributed by atoms with van der Waals surface area (Å²) < 4.78 is 6.61. The summed E-state index contributed by atoms with van der Waals surface area (Å²) in [5.74, 6) is -0.425. The largest absolute Gasteiger partial charge is 0.378 e. The van der Waals surface area contributed by atoms with Crippen LogP contribution in [0.3, 0.4) is 0 Å². The second-order valence-corrected chi connectivity index (χ2v) is 6.96. The van der Waals surface area contributed by atoms with E-state index in [-0.39, 0.29) is 11.3 Å². The lowest BCUT2D eigenvalue weighted by molar-refractivity contribution is 0.102. The smallest absolute Gasteiger partial charge is 0.276 e. The summed E-state index contributed by atoms with van der Waals surface area (Å²) in [6.07, 6.45) is 0. The Labute approximate surface area is 172 Å². The van der Waals surface area contributed by atoms with E-state index in [2.05, 4.69) is 15.3 Å². The highest BCUT2D eigenvalue weighted by Gasteiger charge is 2.18. The normalized spacial score (nSPS) is 13.9. The van der Waals surface area contributed by atoms with Crippen LogP contribution in [0.1, 0.15) is 10.5 Å². The number of rotatable bonds is 4. The molecule has 148 valence electrons. The first-order chi connectivity index (χ1) is 14.1. The van der Waals surface area contributed by atoms with Gasteiger partial charge in [-0.25, -0.2) is 0 Å². The zero-order chi connectivity index (χ0) is 20.2. The number of benzene rings is 2. The molecule has 8 heteroatoms. The highest BCUT2D eigenvalue weighted by molar-refractivity contribution is 6.31. The van der Waals surface area contributed by atoms with Crippen molar-refractivity contribution in [3.8, 4) is 5.69 Å². The van der Waals surface area contributed by atoms with Crippen LogP contribution in [0, 0.1) is 0 Å². The van der Waals surface area contributed by atoms with Crippen molar-refractivity contribution in [2.45, 2.75) is 0 Å². The van der Waals surface area contributed by atoms with Crippen LogP contribution in [0.5, 0.6) is 0 Å². The Morgan fingerprint density at radius 2 is 1.79 bits per heavy atom. The average molecular weight is 411 g/mol. The van der Waals surface area contributed by atoms with Crippen molar-refractivity contribution in [3.05, 3.63) is 81.7 Å². The zero-order valence-corrected chi connectivity index (χ0v) is 16.3. The lowest BCUT2D eigenvalue weighted by atomic mass is 10.2. The van der Waals surface area contributed by atoms with Crippen LogP contribution >= 0.6 is 11.6 Å². The quantitative estimate of drug-likeness (QED) is 0.715. The molecule has 0 bridgehead atoms. The molecule has 1 amide bonds. The Bertz CT molecular complexity index is 1080. The third-order valence-corrected chi connectivity index (χ3v) is 4.83. The summed E-state index contributed by atoms with van der Waals surface area (Å²) in [5, 5.41) is 7.62. The molecule has 1 aromatic heterocycles. The van der Waals surface area contributed by atoms with Gasteiger partial charge in [0.15, 0.2) is 0 Å². The maximum absolute atomic E-state index is 12.9. The first-order valence-electron chi connectivity index (χ1n) is 9.21. The van der Waals surface area contributed by atoms with Gasteiger partial charge < -0.3 is 15.0 Å². The fourth-order valence-corrected chi connectivity index (χ4v) is 3.33. The number of morpholine rings is 1. The van der Waals surface area contributed by atoms with Gasteiger partial charge in [-0.2, -0.15) is 9.78 Å². The molecular formula is C21H19ClN4O3. The second kappa shape index (κ2) is 8.46. The highest BCUT2D eigenvalue weighted by Crippen LogP contribution is 2.30. The number of aromatic nitrogens is 2. The number of anilines is 2. The van der Waals surface area contributed by atoms with E-state index in [0.717, 1.165) is 18.8 Å². The van der Waals surface area contributed by atoms with Crippen molar-refractivity contribution >= 4 is 28.9 Å². The minimum absolute atomic E-state index is 0.126. The Morgan fingerprint density at radius 1 is 1.03 bits per heavy atom. The number of carbonyl (C=O) groups is 1. The molecule has 1 fully saturated rings. The van der Waals surface area contributed by atoms with Crippen molar-refractivity contribution in [1.82, 2.24) is 9.78 Å². The molecule has 0 radical (unpaired) electrons. The van der Waals surface area contributed by atoms with Gasteiger partial charge in [0.1, 0.15) is 5.69 Å². The molecule has 0 unspecified atom stereocenters. The summed E-state index contributed by atoms with van der Waals surface area (Å²) in [5.41, 5.74) is 1.85. The van der Waals surface area contributed by atoms with Crippen molar-refractivity contribution in [3.63, 3.8) is 0 Å². The lowest BCUT2D eigenvalue weighted by Gasteiger charge is -2.30. The van der Waals surface area contributed by atoms with E-state index in [1.807, 2.05) is 12.1 Å². The van der Waals surface area contributed by atoms with E-state index in [0.29, 0.717) is 29.6 Å². The molecule has 1 saturated heterocycles. The maximum Gasteiger partial charge on any atom is 0.276 e. The molecule has 2 aromatic carbocycles. The number of halogens is 1. The fraction of sp³-hybridized carbons (Fsp3) is 0.190. The molecule has 1 N–H and O–H groups in total. The summed E-state index contributed by atoms with van der Waals surface area (Å²) in [4.78, 5) is 27.2. The average Bonchev–Trinajstić information content (AvgIpc) is 2.75. The van der Waals surface area contributed by atoms with Crippen LogP contribution in [0.25, 0.3) is 5.69 Å². The molecule has 0 saturated carbocycles. The molecule has 2 heterocycles. The zero-order valence-electron chi connectivity index (χ0n) is 15.5. The molecule has 1 aliphatic heterocycles. The lowest BCUT2D eigenvalue weighted by Crippen LogP contribution is -2.36. The third kappa shape index (κ3) is 4.31. The molecule has 0 aliphatic carbocycles. The van der Waals surface area contributed by atoms with Crippen molar-refractivity contribution < 1.29 is 9.53 Å². The van der Waals surface area contributed by atoms with Crippen LogP contribution in [-0.2, 0) is 4.74 Å². The molecule has 0 atom stereocenters. The number of para-hydroxylation sites is 1. The Kier molecular flexibility index (Phi) is 5.59. The number of ether oxygens (including phenoxy) is 1. The van der Waals surface area contributed by atoms with Crippen LogP contribution in [0.2, 0.25) is 5.02 Å². The van der Waals surface area contributed by atoms with Crippen molar-refractivity contribution in [1.29, 1.82) is 0 Å². The first-order valence-corrected chi connectivity index (χ1v) is 9.59.